The zero-order valence-corrected chi connectivity index (χ0v) is 14.6. The van der Waals surface area contributed by atoms with Crippen LogP contribution in [0.1, 0.15) is 30.9 Å². The normalized spacial score (nSPS) is 19.3. The molecule has 1 aliphatic carbocycles. The number of carboxylic acids is 1. The van der Waals surface area contributed by atoms with Crippen molar-refractivity contribution in [2.24, 2.45) is 5.41 Å². The molecule has 1 amide bonds. The number of amides is 1. The molecule has 2 aliphatic rings. The summed E-state index contributed by atoms with van der Waals surface area (Å²) in [6, 6.07) is 14.2. The predicted octanol–water partition coefficient (Wildman–Crippen LogP) is 3.16. The number of hydrogen-bond acceptors (Lipinski definition) is 3. The molecular formula is C21H21NO4. The van der Waals surface area contributed by atoms with E-state index in [-0.39, 0.29) is 12.0 Å². The van der Waals surface area contributed by atoms with E-state index < -0.39 is 11.4 Å². The summed E-state index contributed by atoms with van der Waals surface area (Å²) in [4.78, 5) is 23.2. The summed E-state index contributed by atoms with van der Waals surface area (Å²) in [5.41, 5.74) is 3.23. The summed E-state index contributed by atoms with van der Waals surface area (Å²) in [5.74, 6) is -0.449. The van der Waals surface area contributed by atoms with Crippen LogP contribution in [0.15, 0.2) is 42.5 Å². The van der Waals surface area contributed by atoms with E-state index in [4.69, 9.17) is 9.84 Å². The van der Waals surface area contributed by atoms with Crippen LogP contribution >= 0.6 is 0 Å². The minimum absolute atomic E-state index is 0.229. The van der Waals surface area contributed by atoms with Gasteiger partial charge >= 0.3 is 5.97 Å². The average molecular weight is 351 g/mol. The van der Waals surface area contributed by atoms with Gasteiger partial charge in [-0.25, -0.2) is 0 Å². The lowest BCUT2D eigenvalue weighted by atomic mass is 10.00. The number of carbonyl (C=O) groups excluding carboxylic acids is 1. The van der Waals surface area contributed by atoms with Crippen molar-refractivity contribution in [3.05, 3.63) is 53.6 Å². The molecule has 2 N–H and O–H groups in total. The van der Waals surface area contributed by atoms with E-state index in [9.17, 15) is 9.59 Å². The van der Waals surface area contributed by atoms with Crippen LogP contribution in [0.5, 0.6) is 5.75 Å². The Morgan fingerprint density at radius 1 is 1.15 bits per heavy atom. The summed E-state index contributed by atoms with van der Waals surface area (Å²) in [6.07, 6.45) is 2.01. The van der Waals surface area contributed by atoms with Gasteiger partial charge in [0.25, 0.3) is 0 Å². The number of aliphatic carboxylic acids is 1. The average Bonchev–Trinajstić information content (AvgIpc) is 3.36. The fraction of sp³-hybridized carbons (Fsp3) is 0.333. The van der Waals surface area contributed by atoms with Crippen LogP contribution in [0.25, 0.3) is 11.1 Å². The fourth-order valence-electron chi connectivity index (χ4n) is 3.43. The van der Waals surface area contributed by atoms with Gasteiger partial charge in [0.1, 0.15) is 17.3 Å². The lowest BCUT2D eigenvalue weighted by Gasteiger charge is -2.11. The van der Waals surface area contributed by atoms with Gasteiger partial charge in [0, 0.05) is 13.0 Å². The Bertz CT molecular complexity index is 868. The van der Waals surface area contributed by atoms with E-state index in [2.05, 4.69) is 24.4 Å². The standard InChI is InChI=1S/C21H21NO4/c1-13-10-17-11-16(6-7-18(17)26-13)15-4-2-14(3-5-15)12-22-19(23)21(8-9-21)20(24)25/h2-7,11,13H,8-10,12H2,1H3,(H,22,23)(H,24,25). The van der Waals surface area contributed by atoms with Crippen molar-refractivity contribution in [3.8, 4) is 16.9 Å². The van der Waals surface area contributed by atoms with Crippen molar-refractivity contribution in [2.75, 3.05) is 0 Å². The Balaban J connectivity index is 1.42. The highest BCUT2D eigenvalue weighted by Gasteiger charge is 2.56. The molecule has 1 unspecified atom stereocenters. The molecule has 1 aliphatic heterocycles. The van der Waals surface area contributed by atoms with Gasteiger partial charge in [-0.15, -0.1) is 0 Å². The van der Waals surface area contributed by atoms with E-state index in [1.54, 1.807) is 0 Å². The van der Waals surface area contributed by atoms with Gasteiger partial charge in [-0.2, -0.15) is 0 Å². The summed E-state index contributed by atoms with van der Waals surface area (Å²) >= 11 is 0. The number of nitrogens with one attached hydrogen (secondary N) is 1. The quantitative estimate of drug-likeness (QED) is 0.812. The molecule has 0 saturated heterocycles. The summed E-state index contributed by atoms with van der Waals surface area (Å²) in [5, 5.41) is 11.9. The second kappa shape index (κ2) is 6.16. The highest BCUT2D eigenvalue weighted by atomic mass is 16.5. The predicted molar refractivity (Wildman–Crippen MR) is 96.8 cm³/mol. The van der Waals surface area contributed by atoms with Gasteiger partial charge in [0.15, 0.2) is 0 Å². The first kappa shape index (κ1) is 16.6. The second-order valence-corrected chi connectivity index (χ2v) is 7.22. The maximum atomic E-state index is 12.1. The van der Waals surface area contributed by atoms with Crippen molar-refractivity contribution in [2.45, 2.75) is 38.8 Å². The molecule has 4 rings (SSSR count). The Labute approximate surface area is 152 Å². The summed E-state index contributed by atoms with van der Waals surface area (Å²) < 4.78 is 5.74. The Morgan fingerprint density at radius 2 is 1.85 bits per heavy atom. The van der Waals surface area contributed by atoms with E-state index >= 15 is 0 Å². The molecule has 1 heterocycles. The van der Waals surface area contributed by atoms with Crippen molar-refractivity contribution >= 4 is 11.9 Å². The fourth-order valence-corrected chi connectivity index (χ4v) is 3.43. The molecule has 26 heavy (non-hydrogen) atoms. The molecule has 0 radical (unpaired) electrons. The Hall–Kier alpha value is -2.82. The molecule has 1 fully saturated rings. The smallest absolute Gasteiger partial charge is 0.319 e. The maximum Gasteiger partial charge on any atom is 0.319 e. The molecule has 0 spiro atoms. The van der Waals surface area contributed by atoms with Crippen LogP contribution in [-0.4, -0.2) is 23.1 Å². The molecule has 0 aromatic heterocycles. The second-order valence-electron chi connectivity index (χ2n) is 7.22. The third-order valence-electron chi connectivity index (χ3n) is 5.23. The van der Waals surface area contributed by atoms with Crippen molar-refractivity contribution in [3.63, 3.8) is 0 Å². The zero-order valence-electron chi connectivity index (χ0n) is 14.6. The van der Waals surface area contributed by atoms with Crippen molar-refractivity contribution in [1.82, 2.24) is 5.32 Å². The number of benzene rings is 2. The van der Waals surface area contributed by atoms with Crippen LogP contribution in [0.2, 0.25) is 0 Å². The lowest BCUT2D eigenvalue weighted by molar-refractivity contribution is -0.149. The SMILES string of the molecule is CC1Cc2cc(-c3ccc(CNC(=O)C4(C(=O)O)CC4)cc3)ccc2O1. The van der Waals surface area contributed by atoms with Crippen LogP contribution < -0.4 is 10.1 Å². The van der Waals surface area contributed by atoms with Gasteiger partial charge in [0.05, 0.1) is 0 Å². The van der Waals surface area contributed by atoms with E-state index in [0.717, 1.165) is 28.9 Å². The lowest BCUT2D eigenvalue weighted by Crippen LogP contribution is -2.36. The number of ether oxygens (including phenoxy) is 1. The molecule has 5 nitrogen and oxygen atoms in total. The van der Waals surface area contributed by atoms with Gasteiger partial charge in [-0.05, 0) is 54.2 Å². The summed E-state index contributed by atoms with van der Waals surface area (Å²) in [6.45, 7) is 2.41. The highest BCUT2D eigenvalue weighted by Crippen LogP contribution is 2.46. The first-order chi connectivity index (χ1) is 12.5. The van der Waals surface area contributed by atoms with Gasteiger partial charge in [-0.3, -0.25) is 9.59 Å². The molecule has 1 atom stereocenters. The zero-order chi connectivity index (χ0) is 18.3. The number of hydrogen-bond donors (Lipinski definition) is 2. The molecule has 2 aromatic rings. The largest absolute Gasteiger partial charge is 0.490 e. The third-order valence-corrected chi connectivity index (χ3v) is 5.23. The third kappa shape index (κ3) is 2.94. The molecule has 2 aromatic carbocycles. The summed E-state index contributed by atoms with van der Waals surface area (Å²) in [7, 11) is 0. The van der Waals surface area contributed by atoms with Crippen LogP contribution in [-0.2, 0) is 22.6 Å². The van der Waals surface area contributed by atoms with E-state index in [0.29, 0.717) is 19.4 Å². The Morgan fingerprint density at radius 3 is 2.50 bits per heavy atom. The van der Waals surface area contributed by atoms with Crippen LogP contribution in [0, 0.1) is 5.41 Å². The Kier molecular flexibility index (Phi) is 3.94. The monoisotopic (exact) mass is 351 g/mol. The maximum absolute atomic E-state index is 12.1. The highest BCUT2D eigenvalue weighted by molar-refractivity contribution is 6.04. The van der Waals surface area contributed by atoms with Crippen molar-refractivity contribution < 1.29 is 19.4 Å². The van der Waals surface area contributed by atoms with Crippen LogP contribution in [0.3, 0.4) is 0 Å². The van der Waals surface area contributed by atoms with Gasteiger partial charge in [0.2, 0.25) is 5.91 Å². The number of rotatable bonds is 5. The first-order valence-corrected chi connectivity index (χ1v) is 8.88. The molecular weight excluding hydrogens is 330 g/mol. The molecule has 134 valence electrons. The molecule has 0 bridgehead atoms. The first-order valence-electron chi connectivity index (χ1n) is 8.88. The van der Waals surface area contributed by atoms with Crippen LogP contribution in [0.4, 0.5) is 0 Å². The molecule has 5 heteroatoms. The van der Waals surface area contributed by atoms with Gasteiger partial charge < -0.3 is 15.2 Å². The minimum Gasteiger partial charge on any atom is -0.490 e. The topological polar surface area (TPSA) is 75.6 Å². The number of carboxylic acid groups (broad SMARTS) is 1. The van der Waals surface area contributed by atoms with E-state index in [1.165, 1.54) is 5.56 Å². The van der Waals surface area contributed by atoms with E-state index in [1.807, 2.05) is 30.3 Å². The number of carbonyl (C=O) groups is 2. The van der Waals surface area contributed by atoms with Crippen molar-refractivity contribution in [1.29, 1.82) is 0 Å². The van der Waals surface area contributed by atoms with Gasteiger partial charge in [-0.1, -0.05) is 30.3 Å². The molecule has 1 saturated carbocycles. The number of fused-ring (bicyclic) bond motifs is 1. The minimum atomic E-state index is -1.19.